The van der Waals surface area contributed by atoms with Crippen LogP contribution >= 0.6 is 0 Å². The van der Waals surface area contributed by atoms with Crippen LogP contribution in [0.2, 0.25) is 0 Å². The summed E-state index contributed by atoms with van der Waals surface area (Å²) in [6, 6.07) is 0. The Morgan fingerprint density at radius 3 is 1.41 bits per heavy atom. The third-order valence-corrected chi connectivity index (χ3v) is 4.38. The second-order valence-electron chi connectivity index (χ2n) is 7.09. The summed E-state index contributed by atoms with van der Waals surface area (Å²) in [5, 5.41) is 0. The Hall–Kier alpha value is -0.300. The first-order chi connectivity index (χ1) is 10.8. The van der Waals surface area contributed by atoms with Crippen LogP contribution in [-0.4, -0.2) is 25.5 Å². The molecule has 0 aliphatic carbocycles. The molecule has 0 bridgehead atoms. The molecule has 0 rings (SSSR count). The van der Waals surface area contributed by atoms with Crippen LogP contribution in [0.3, 0.4) is 0 Å². The topological polar surface area (TPSA) is 3.24 Å². The molecule has 0 spiro atoms. The highest BCUT2D eigenvalue weighted by Crippen LogP contribution is 2.13. The van der Waals surface area contributed by atoms with Crippen molar-refractivity contribution in [2.75, 3.05) is 20.6 Å². The number of hydrogen-bond acceptors (Lipinski definition) is 1. The predicted octanol–water partition coefficient (Wildman–Crippen LogP) is 6.98. The van der Waals surface area contributed by atoms with E-state index in [0.717, 1.165) is 0 Å². The van der Waals surface area contributed by atoms with Crippen LogP contribution in [-0.2, 0) is 0 Å². The van der Waals surface area contributed by atoms with Gasteiger partial charge in [-0.15, -0.1) is 0 Å². The van der Waals surface area contributed by atoms with Gasteiger partial charge in [0, 0.05) is 6.54 Å². The smallest absolute Gasteiger partial charge is 0.000980 e. The first-order valence-corrected chi connectivity index (χ1v) is 10.1. The molecule has 0 aromatic carbocycles. The molecule has 0 heterocycles. The Labute approximate surface area is 141 Å². The van der Waals surface area contributed by atoms with Crippen molar-refractivity contribution in [3.05, 3.63) is 12.2 Å². The summed E-state index contributed by atoms with van der Waals surface area (Å²) in [7, 11) is 4.28. The highest BCUT2D eigenvalue weighted by molar-refractivity contribution is 4.81. The molecule has 0 saturated heterocycles. The lowest BCUT2D eigenvalue weighted by Crippen LogP contribution is -2.11. The molecule has 0 unspecified atom stereocenters. The first kappa shape index (κ1) is 21.7. The van der Waals surface area contributed by atoms with Gasteiger partial charge in [0.05, 0.1) is 0 Å². The molecule has 22 heavy (non-hydrogen) atoms. The monoisotopic (exact) mass is 309 g/mol. The molecule has 0 aromatic heterocycles. The maximum absolute atomic E-state index is 2.38. The van der Waals surface area contributed by atoms with E-state index < -0.39 is 0 Å². The van der Waals surface area contributed by atoms with Crippen LogP contribution in [0, 0.1) is 0 Å². The Bertz CT molecular complexity index is 220. The lowest BCUT2D eigenvalue weighted by molar-refractivity contribution is 0.417. The van der Waals surface area contributed by atoms with Crippen LogP contribution < -0.4 is 0 Å². The van der Waals surface area contributed by atoms with E-state index in [1.807, 2.05) is 0 Å². The van der Waals surface area contributed by atoms with Crippen LogP contribution in [0.5, 0.6) is 0 Å². The van der Waals surface area contributed by atoms with Crippen molar-refractivity contribution in [1.82, 2.24) is 4.90 Å². The molecule has 0 aliphatic heterocycles. The van der Waals surface area contributed by atoms with Gasteiger partial charge in [-0.2, -0.15) is 0 Å². The first-order valence-electron chi connectivity index (χ1n) is 10.1. The average Bonchev–Trinajstić information content (AvgIpc) is 2.50. The van der Waals surface area contributed by atoms with Crippen molar-refractivity contribution in [1.29, 1.82) is 0 Å². The molecule has 0 aliphatic rings. The van der Waals surface area contributed by atoms with E-state index >= 15 is 0 Å². The van der Waals surface area contributed by atoms with Crippen molar-refractivity contribution in [2.24, 2.45) is 0 Å². The second kappa shape index (κ2) is 18.7. The van der Waals surface area contributed by atoms with E-state index in [4.69, 9.17) is 0 Å². The summed E-state index contributed by atoms with van der Waals surface area (Å²) in [4.78, 5) is 2.25. The summed E-state index contributed by atoms with van der Waals surface area (Å²) >= 11 is 0. The zero-order valence-electron chi connectivity index (χ0n) is 15.9. The third-order valence-electron chi connectivity index (χ3n) is 4.38. The van der Waals surface area contributed by atoms with Crippen LogP contribution in [0.25, 0.3) is 0 Å². The van der Waals surface area contributed by atoms with Gasteiger partial charge in [-0.25, -0.2) is 0 Å². The van der Waals surface area contributed by atoms with Gasteiger partial charge in [-0.3, -0.25) is 0 Å². The zero-order valence-corrected chi connectivity index (χ0v) is 15.9. The van der Waals surface area contributed by atoms with Crippen molar-refractivity contribution >= 4 is 0 Å². The molecule has 1 heteroatoms. The minimum atomic E-state index is 1.18. The molecule has 132 valence electrons. The molecule has 0 N–H and O–H groups in total. The zero-order chi connectivity index (χ0) is 16.3. The molecule has 0 atom stereocenters. The number of allylic oxidation sites excluding steroid dienone is 1. The number of rotatable bonds is 17. The van der Waals surface area contributed by atoms with Crippen molar-refractivity contribution < 1.29 is 0 Å². The SMILES string of the molecule is CCCCCCCCCCCCCCCC=CCCN(C)C. The average molecular weight is 310 g/mol. The summed E-state index contributed by atoms with van der Waals surface area (Å²) in [5.41, 5.74) is 0. The normalized spacial score (nSPS) is 11.8. The Morgan fingerprint density at radius 2 is 0.955 bits per heavy atom. The Kier molecular flexibility index (Phi) is 18.5. The van der Waals surface area contributed by atoms with E-state index in [0.29, 0.717) is 0 Å². The summed E-state index contributed by atoms with van der Waals surface area (Å²) in [6.07, 6.45) is 26.0. The highest BCUT2D eigenvalue weighted by Gasteiger charge is 1.93. The number of nitrogens with zero attached hydrogens (tertiary/aromatic N) is 1. The molecule has 0 amide bonds. The van der Waals surface area contributed by atoms with Gasteiger partial charge >= 0.3 is 0 Å². The molecule has 0 fully saturated rings. The summed E-state index contributed by atoms with van der Waals surface area (Å²) in [5.74, 6) is 0. The van der Waals surface area contributed by atoms with Crippen LogP contribution in [0.4, 0.5) is 0 Å². The second-order valence-corrected chi connectivity index (χ2v) is 7.09. The fraction of sp³-hybridized carbons (Fsp3) is 0.905. The van der Waals surface area contributed by atoms with E-state index in [1.54, 1.807) is 0 Å². The van der Waals surface area contributed by atoms with Crippen LogP contribution in [0.1, 0.15) is 103 Å². The Balaban J connectivity index is 3.02. The van der Waals surface area contributed by atoms with Gasteiger partial charge in [-0.05, 0) is 33.4 Å². The third kappa shape index (κ3) is 19.7. The largest absolute Gasteiger partial charge is 0.309 e. The fourth-order valence-electron chi connectivity index (χ4n) is 2.85. The van der Waals surface area contributed by atoms with Crippen LogP contribution in [0.15, 0.2) is 12.2 Å². The van der Waals surface area contributed by atoms with E-state index in [2.05, 4.69) is 38.1 Å². The van der Waals surface area contributed by atoms with Gasteiger partial charge < -0.3 is 4.90 Å². The van der Waals surface area contributed by atoms with Crippen molar-refractivity contribution in [2.45, 2.75) is 103 Å². The van der Waals surface area contributed by atoms with Gasteiger partial charge in [0.15, 0.2) is 0 Å². The maximum atomic E-state index is 2.38. The highest BCUT2D eigenvalue weighted by atomic mass is 15.0. The standard InChI is InChI=1S/C21H43N/c1-4-5-6-7-8-9-10-11-12-13-14-15-16-17-18-19-20-21-22(2)3/h18-19H,4-17,20-21H2,1-3H3. The van der Waals surface area contributed by atoms with Crippen molar-refractivity contribution in [3.63, 3.8) is 0 Å². The fourth-order valence-corrected chi connectivity index (χ4v) is 2.85. The van der Waals surface area contributed by atoms with Gasteiger partial charge in [-0.1, -0.05) is 96.1 Å². The van der Waals surface area contributed by atoms with Crippen molar-refractivity contribution in [3.8, 4) is 0 Å². The summed E-state index contributed by atoms with van der Waals surface area (Å²) < 4.78 is 0. The minimum absolute atomic E-state index is 1.18. The lowest BCUT2D eigenvalue weighted by atomic mass is 10.0. The quantitative estimate of drug-likeness (QED) is 0.207. The predicted molar refractivity (Wildman–Crippen MR) is 103 cm³/mol. The van der Waals surface area contributed by atoms with Gasteiger partial charge in [0.1, 0.15) is 0 Å². The molecule has 0 radical (unpaired) electrons. The minimum Gasteiger partial charge on any atom is -0.309 e. The van der Waals surface area contributed by atoms with Gasteiger partial charge in [0.2, 0.25) is 0 Å². The molecular formula is C21H43N. The molecule has 0 saturated carbocycles. The number of hydrogen-bond donors (Lipinski definition) is 0. The van der Waals surface area contributed by atoms with E-state index in [9.17, 15) is 0 Å². The Morgan fingerprint density at radius 1 is 0.545 bits per heavy atom. The molecular weight excluding hydrogens is 266 g/mol. The summed E-state index contributed by atoms with van der Waals surface area (Å²) in [6.45, 7) is 3.47. The van der Waals surface area contributed by atoms with Gasteiger partial charge in [0.25, 0.3) is 0 Å². The van der Waals surface area contributed by atoms with E-state index in [1.165, 1.54) is 103 Å². The van der Waals surface area contributed by atoms with E-state index in [-0.39, 0.29) is 0 Å². The number of unbranched alkanes of at least 4 members (excludes halogenated alkanes) is 13. The molecule has 0 aromatic rings. The molecule has 1 nitrogen and oxygen atoms in total. The maximum Gasteiger partial charge on any atom is 0.000980 e. The lowest BCUT2D eigenvalue weighted by Gasteiger charge is -2.05.